The van der Waals surface area contributed by atoms with Crippen molar-refractivity contribution in [1.82, 2.24) is 0 Å². The molecule has 0 aliphatic heterocycles. The Kier molecular flexibility index (Phi) is 9.10. The predicted octanol–water partition coefficient (Wildman–Crippen LogP) is 6.63. The van der Waals surface area contributed by atoms with Gasteiger partial charge < -0.3 is 9.47 Å². The third-order valence-electron chi connectivity index (χ3n) is 5.26. The van der Waals surface area contributed by atoms with E-state index in [1.54, 1.807) is 0 Å². The molecule has 2 aromatic carbocycles. The van der Waals surface area contributed by atoms with Crippen LogP contribution in [0.3, 0.4) is 0 Å². The summed E-state index contributed by atoms with van der Waals surface area (Å²) in [5.41, 5.74) is 3.50. The van der Waals surface area contributed by atoms with Gasteiger partial charge in [-0.25, -0.2) is 0 Å². The molecule has 164 valence electrons. The molecule has 0 bridgehead atoms. The molecule has 0 aromatic heterocycles. The maximum Gasteiger partial charge on any atom is 0.191 e. The Morgan fingerprint density at radius 1 is 0.967 bits per heavy atom. The van der Waals surface area contributed by atoms with Gasteiger partial charge in [-0.05, 0) is 66.0 Å². The van der Waals surface area contributed by atoms with Gasteiger partial charge in [0, 0.05) is 5.56 Å². The topological polar surface area (TPSA) is 35.5 Å². The van der Waals surface area contributed by atoms with E-state index in [0.717, 1.165) is 18.6 Å². The standard InChI is InChI=1S/C27H38O3/c1-7-17-29-24-15-11-22(12-16-24)26(28)25(8-2)30-19-20(3)18-21-9-13-23(14-10-21)27(4,5)6/h9-16,20,25H,7-8,17-19H2,1-6H3. The Hall–Kier alpha value is -2.13. The van der Waals surface area contributed by atoms with Crippen molar-refractivity contribution < 1.29 is 14.3 Å². The summed E-state index contributed by atoms with van der Waals surface area (Å²) in [6.45, 7) is 14.2. The molecule has 0 amide bonds. The third-order valence-corrected chi connectivity index (χ3v) is 5.26. The van der Waals surface area contributed by atoms with Crippen LogP contribution in [0.2, 0.25) is 0 Å². The lowest BCUT2D eigenvalue weighted by Crippen LogP contribution is -2.26. The summed E-state index contributed by atoms with van der Waals surface area (Å²) in [5.74, 6) is 1.19. The highest BCUT2D eigenvalue weighted by atomic mass is 16.5. The highest BCUT2D eigenvalue weighted by molar-refractivity contribution is 5.99. The van der Waals surface area contributed by atoms with Crippen LogP contribution in [0.4, 0.5) is 0 Å². The first-order valence-electron chi connectivity index (χ1n) is 11.2. The minimum atomic E-state index is -0.405. The Labute approximate surface area is 182 Å². The summed E-state index contributed by atoms with van der Waals surface area (Å²) in [6, 6.07) is 16.2. The van der Waals surface area contributed by atoms with Crippen LogP contribution in [0, 0.1) is 5.92 Å². The minimum absolute atomic E-state index is 0.0428. The van der Waals surface area contributed by atoms with E-state index >= 15 is 0 Å². The van der Waals surface area contributed by atoms with E-state index in [1.807, 2.05) is 31.2 Å². The van der Waals surface area contributed by atoms with E-state index in [9.17, 15) is 4.79 Å². The van der Waals surface area contributed by atoms with Crippen LogP contribution in [-0.4, -0.2) is 25.1 Å². The normalized spacial score (nSPS) is 13.7. The highest BCUT2D eigenvalue weighted by Gasteiger charge is 2.20. The monoisotopic (exact) mass is 410 g/mol. The summed E-state index contributed by atoms with van der Waals surface area (Å²) in [7, 11) is 0. The van der Waals surface area contributed by atoms with Gasteiger partial charge in [0.2, 0.25) is 0 Å². The molecule has 0 aliphatic rings. The van der Waals surface area contributed by atoms with Gasteiger partial charge in [-0.1, -0.05) is 65.8 Å². The Morgan fingerprint density at radius 3 is 2.13 bits per heavy atom. The quantitative estimate of drug-likeness (QED) is 0.390. The van der Waals surface area contributed by atoms with Crippen LogP contribution in [-0.2, 0) is 16.6 Å². The molecule has 0 spiro atoms. The fourth-order valence-corrected chi connectivity index (χ4v) is 3.38. The van der Waals surface area contributed by atoms with Crippen LogP contribution < -0.4 is 4.74 Å². The van der Waals surface area contributed by atoms with Crippen LogP contribution in [0.1, 0.15) is 75.9 Å². The van der Waals surface area contributed by atoms with Crippen molar-refractivity contribution in [2.75, 3.05) is 13.2 Å². The summed E-state index contributed by atoms with van der Waals surface area (Å²) in [6.07, 6.45) is 2.17. The van der Waals surface area contributed by atoms with Crippen molar-refractivity contribution in [3.8, 4) is 5.75 Å². The van der Waals surface area contributed by atoms with Gasteiger partial charge >= 0.3 is 0 Å². The molecule has 2 unspecified atom stereocenters. The van der Waals surface area contributed by atoms with Crippen molar-refractivity contribution in [3.63, 3.8) is 0 Å². The summed E-state index contributed by atoms with van der Waals surface area (Å²) in [4.78, 5) is 12.8. The second-order valence-corrected chi connectivity index (χ2v) is 9.22. The van der Waals surface area contributed by atoms with Crippen LogP contribution >= 0.6 is 0 Å². The maximum absolute atomic E-state index is 12.8. The Morgan fingerprint density at radius 2 is 1.60 bits per heavy atom. The number of rotatable bonds is 11. The van der Waals surface area contributed by atoms with Crippen LogP contribution in [0.15, 0.2) is 48.5 Å². The molecule has 0 saturated heterocycles. The first-order chi connectivity index (χ1) is 14.2. The molecule has 3 heteroatoms. The largest absolute Gasteiger partial charge is 0.494 e. The van der Waals surface area contributed by atoms with Crippen molar-refractivity contribution >= 4 is 5.78 Å². The van der Waals surface area contributed by atoms with E-state index in [-0.39, 0.29) is 11.2 Å². The average Bonchev–Trinajstić information content (AvgIpc) is 2.72. The summed E-state index contributed by atoms with van der Waals surface area (Å²) < 4.78 is 11.6. The van der Waals surface area contributed by atoms with Crippen molar-refractivity contribution in [2.45, 2.75) is 72.3 Å². The summed E-state index contributed by atoms with van der Waals surface area (Å²) in [5, 5.41) is 0. The smallest absolute Gasteiger partial charge is 0.191 e. The predicted molar refractivity (Wildman–Crippen MR) is 125 cm³/mol. The molecule has 0 heterocycles. The lowest BCUT2D eigenvalue weighted by atomic mass is 9.86. The molecule has 30 heavy (non-hydrogen) atoms. The van der Waals surface area contributed by atoms with E-state index < -0.39 is 6.10 Å². The fraction of sp³-hybridized carbons (Fsp3) is 0.519. The van der Waals surface area contributed by atoms with Gasteiger partial charge in [-0.15, -0.1) is 0 Å². The van der Waals surface area contributed by atoms with Gasteiger partial charge in [0.05, 0.1) is 13.2 Å². The number of hydrogen-bond donors (Lipinski definition) is 0. The number of hydrogen-bond acceptors (Lipinski definition) is 3. The molecular weight excluding hydrogens is 372 g/mol. The second kappa shape index (κ2) is 11.3. The second-order valence-electron chi connectivity index (χ2n) is 9.22. The molecule has 2 rings (SSSR count). The molecule has 0 aliphatic carbocycles. The molecule has 0 radical (unpaired) electrons. The molecule has 2 aromatic rings. The number of carbonyl (C=O) groups excluding carboxylic acids is 1. The van der Waals surface area contributed by atoms with Crippen molar-refractivity contribution in [1.29, 1.82) is 0 Å². The zero-order chi connectivity index (χ0) is 22.1. The first-order valence-corrected chi connectivity index (χ1v) is 11.2. The Bertz CT molecular complexity index is 769. The third kappa shape index (κ3) is 7.28. The SMILES string of the molecule is CCCOc1ccc(C(=O)C(CC)OCC(C)Cc2ccc(C(C)(C)C)cc2)cc1. The number of Topliss-reactive ketones (excluding diaryl/α,β-unsaturated/α-hetero) is 1. The zero-order valence-electron chi connectivity index (χ0n) is 19.5. The van der Waals surface area contributed by atoms with Crippen molar-refractivity contribution in [3.05, 3.63) is 65.2 Å². The van der Waals surface area contributed by atoms with E-state index in [4.69, 9.17) is 9.47 Å². The van der Waals surface area contributed by atoms with Crippen molar-refractivity contribution in [2.24, 2.45) is 5.92 Å². The molecular formula is C27H38O3. The first kappa shape index (κ1) is 24.1. The Balaban J connectivity index is 1.88. The lowest BCUT2D eigenvalue weighted by Gasteiger charge is -2.20. The van der Waals surface area contributed by atoms with Gasteiger partial charge in [0.25, 0.3) is 0 Å². The number of ether oxygens (including phenoxy) is 2. The van der Waals surface area contributed by atoms with Crippen LogP contribution in [0.5, 0.6) is 5.75 Å². The number of carbonyl (C=O) groups is 1. The zero-order valence-corrected chi connectivity index (χ0v) is 19.5. The molecule has 2 atom stereocenters. The lowest BCUT2D eigenvalue weighted by molar-refractivity contribution is 0.0280. The van der Waals surface area contributed by atoms with Gasteiger partial charge in [-0.3, -0.25) is 4.79 Å². The van der Waals surface area contributed by atoms with Crippen LogP contribution in [0.25, 0.3) is 0 Å². The fourth-order valence-electron chi connectivity index (χ4n) is 3.38. The van der Waals surface area contributed by atoms with Gasteiger partial charge in [0.15, 0.2) is 5.78 Å². The number of benzene rings is 2. The van der Waals surface area contributed by atoms with E-state index in [0.29, 0.717) is 31.1 Å². The van der Waals surface area contributed by atoms with Gasteiger partial charge in [-0.2, -0.15) is 0 Å². The van der Waals surface area contributed by atoms with E-state index in [1.165, 1.54) is 11.1 Å². The molecule has 0 saturated carbocycles. The average molecular weight is 411 g/mol. The molecule has 0 N–H and O–H groups in total. The highest BCUT2D eigenvalue weighted by Crippen LogP contribution is 2.23. The molecule has 3 nitrogen and oxygen atoms in total. The summed E-state index contributed by atoms with van der Waals surface area (Å²) >= 11 is 0. The number of ketones is 1. The minimum Gasteiger partial charge on any atom is -0.494 e. The van der Waals surface area contributed by atoms with Gasteiger partial charge in [0.1, 0.15) is 11.9 Å². The van der Waals surface area contributed by atoms with E-state index in [2.05, 4.69) is 58.9 Å². The maximum atomic E-state index is 12.8. The molecule has 0 fully saturated rings.